The number of nitrogens with zero attached hydrogens (tertiary/aromatic N) is 1. The monoisotopic (exact) mass is 726 g/mol. The molecule has 0 radical (unpaired) electrons. The van der Waals surface area contributed by atoms with Crippen molar-refractivity contribution < 1.29 is 40.7 Å². The first-order chi connectivity index (χ1) is 21.2. The molecule has 2 amide bonds. The molecule has 0 bridgehead atoms. The molecule has 45 heavy (non-hydrogen) atoms. The van der Waals surface area contributed by atoms with Crippen molar-refractivity contribution >= 4 is 58.5 Å². The highest BCUT2D eigenvalue weighted by molar-refractivity contribution is 6.40. The fraction of sp³-hybridized carbons (Fsp3) is 0.500. The molecular weight excluding hydrogens is 696 g/mol. The second-order valence-corrected chi connectivity index (χ2v) is 10.9. The molecule has 0 aromatic heterocycles. The first kappa shape index (κ1) is 40.8. The number of piperidine rings is 1. The van der Waals surface area contributed by atoms with Gasteiger partial charge in [-0.25, -0.2) is 14.6 Å². The van der Waals surface area contributed by atoms with Gasteiger partial charge in [0.1, 0.15) is 0 Å². The van der Waals surface area contributed by atoms with E-state index in [1.165, 1.54) is 13.0 Å². The topological polar surface area (TPSA) is 91.8 Å². The van der Waals surface area contributed by atoms with Crippen LogP contribution in [-0.2, 0) is 27.4 Å². The van der Waals surface area contributed by atoms with Gasteiger partial charge >= 0.3 is 18.4 Å². The quantitative estimate of drug-likeness (QED) is 0.0805. The van der Waals surface area contributed by atoms with Crippen molar-refractivity contribution in [2.75, 3.05) is 36.9 Å². The van der Waals surface area contributed by atoms with E-state index in [1.807, 2.05) is 30.3 Å². The number of rotatable bonds is 9. The highest BCUT2D eigenvalue weighted by Crippen LogP contribution is 2.39. The third-order valence-corrected chi connectivity index (χ3v) is 6.72. The van der Waals surface area contributed by atoms with Gasteiger partial charge in [-0.15, -0.1) is 46.4 Å². The molecule has 3 N–H and O–H groups in total. The summed E-state index contributed by atoms with van der Waals surface area (Å²) in [4.78, 5) is 24.2. The molecule has 1 aliphatic rings. The third kappa shape index (κ3) is 14.4. The number of halogens is 10. The smallest absolute Gasteiger partial charge is 0.372 e. The van der Waals surface area contributed by atoms with Crippen LogP contribution in [0.2, 0.25) is 0 Å². The van der Waals surface area contributed by atoms with Crippen molar-refractivity contribution in [2.45, 2.75) is 49.8 Å². The van der Waals surface area contributed by atoms with E-state index >= 15 is 0 Å². The average molecular weight is 728 g/mol. The molecule has 0 spiro atoms. The summed E-state index contributed by atoms with van der Waals surface area (Å²) in [6.07, 6.45) is -8.53. The predicted octanol–water partition coefficient (Wildman–Crippen LogP) is 7.93. The van der Waals surface area contributed by atoms with Crippen LogP contribution < -0.4 is 16.0 Å². The van der Waals surface area contributed by atoms with Crippen molar-refractivity contribution in [3.05, 3.63) is 70.8 Å². The van der Waals surface area contributed by atoms with Crippen LogP contribution in [-0.4, -0.2) is 55.1 Å². The van der Waals surface area contributed by atoms with E-state index in [0.29, 0.717) is 43.9 Å². The Balaban J connectivity index is 0.000000990. The summed E-state index contributed by atoms with van der Waals surface area (Å²) in [7, 11) is 0. The zero-order chi connectivity index (χ0) is 34.1. The number of nitrogens with one attached hydrogen (secondary N) is 3. The molecular formula is C28H32Cl4F6N4O3. The minimum absolute atomic E-state index is 0.0175. The number of carbonyl (C=O) groups excluding carboxylic acids is 2. The molecule has 17 heteroatoms. The van der Waals surface area contributed by atoms with Crippen LogP contribution in [0.3, 0.4) is 0 Å². The Labute approximate surface area is 277 Å². The lowest BCUT2D eigenvalue weighted by molar-refractivity contribution is -0.143. The van der Waals surface area contributed by atoms with E-state index in [1.54, 1.807) is 0 Å². The molecule has 1 heterocycles. The Bertz CT molecular complexity index is 1180. The molecule has 0 saturated carbocycles. The predicted molar refractivity (Wildman–Crippen MR) is 163 cm³/mol. The van der Waals surface area contributed by atoms with Crippen molar-refractivity contribution in [3.63, 3.8) is 0 Å². The zero-order valence-electron chi connectivity index (χ0n) is 23.9. The van der Waals surface area contributed by atoms with E-state index in [-0.39, 0.29) is 35.6 Å². The lowest BCUT2D eigenvalue weighted by atomic mass is 9.81. The number of hydrogen-bond acceptors (Lipinski definition) is 5. The first-order valence-corrected chi connectivity index (χ1v) is 15.3. The second kappa shape index (κ2) is 20.1. The summed E-state index contributed by atoms with van der Waals surface area (Å²) in [5.41, 5.74) is -2.92. The minimum Gasteiger partial charge on any atom is -0.372 e. The highest BCUT2D eigenvalue weighted by Gasteiger charge is 2.39. The molecule has 3 atom stereocenters. The van der Waals surface area contributed by atoms with Gasteiger partial charge in [0.2, 0.25) is 6.08 Å². The number of hydrogen-bond donors (Lipinski definition) is 3. The maximum Gasteiger partial charge on any atom is 0.416 e. The molecule has 1 fully saturated rings. The molecule has 3 rings (SSSR count). The van der Waals surface area contributed by atoms with Gasteiger partial charge in [-0.3, -0.25) is 0 Å². The molecule has 7 nitrogen and oxygen atoms in total. The normalized spacial score (nSPS) is 18.6. The van der Waals surface area contributed by atoms with E-state index in [2.05, 4.69) is 20.9 Å². The number of ether oxygens (including phenoxy) is 1. The van der Waals surface area contributed by atoms with E-state index < -0.39 is 41.2 Å². The van der Waals surface area contributed by atoms with Crippen LogP contribution in [0.25, 0.3) is 0 Å². The third-order valence-electron chi connectivity index (χ3n) is 6.42. The Morgan fingerprint density at radius 1 is 1.07 bits per heavy atom. The van der Waals surface area contributed by atoms with Gasteiger partial charge in [0.15, 0.2) is 0 Å². The van der Waals surface area contributed by atoms with Gasteiger partial charge in [0, 0.05) is 18.5 Å². The molecule has 0 unspecified atom stereocenters. The Morgan fingerprint density at radius 3 is 2.07 bits per heavy atom. The van der Waals surface area contributed by atoms with E-state index in [4.69, 9.17) is 51.1 Å². The second-order valence-electron chi connectivity index (χ2n) is 9.40. The standard InChI is InChI=1S/C24H26ClF6N3O2.C3H4ClNO.CH2Cl2/c1-15(16-9-18(23(26,27)28)11-19(10-16)24(29,30)31)36-13-22(17-5-3-2-4-6-17)8-7-20(12-33-22)34-21(35)32-14-25;4-1-2-5-3-6;2-1-3/h2-6,9-11,15,20,33H,7-8,12-14H2,1H3,(H2,32,34,35);1-2H2;1H2/t15-,20+,22-;;/m1../s1. The van der Waals surface area contributed by atoms with Gasteiger partial charge in [-0.2, -0.15) is 26.3 Å². The SMILES string of the molecule is C[C@@H](OC[C@@]1(c2ccccc2)CC[C@H](NC(=O)NCCl)CN1)c1cc(C(F)(F)F)cc(C(F)(F)F)c1.ClCCl.O=C=NCCCl. The lowest BCUT2D eigenvalue weighted by Gasteiger charge is -2.42. The molecule has 0 aliphatic carbocycles. The van der Waals surface area contributed by atoms with Crippen molar-refractivity contribution in [1.82, 2.24) is 16.0 Å². The Hall–Kier alpha value is -2.25. The molecule has 1 aliphatic heterocycles. The number of alkyl halides is 10. The number of benzene rings is 2. The molecule has 2 aromatic rings. The van der Waals surface area contributed by atoms with Crippen LogP contribution in [0.5, 0.6) is 0 Å². The minimum atomic E-state index is -4.94. The summed E-state index contributed by atoms with van der Waals surface area (Å²) < 4.78 is 85.5. The van der Waals surface area contributed by atoms with Gasteiger partial charge in [-0.1, -0.05) is 30.3 Å². The lowest BCUT2D eigenvalue weighted by Crippen LogP contribution is -2.58. The summed E-state index contributed by atoms with van der Waals surface area (Å²) in [6.45, 7) is 2.14. The van der Waals surface area contributed by atoms with Crippen molar-refractivity contribution in [3.8, 4) is 0 Å². The highest BCUT2D eigenvalue weighted by atomic mass is 35.5. The number of urea groups is 1. The van der Waals surface area contributed by atoms with Gasteiger partial charge in [0.05, 0.1) is 47.3 Å². The summed E-state index contributed by atoms with van der Waals surface area (Å²) in [5, 5.41) is 8.78. The molecule has 1 saturated heterocycles. The zero-order valence-corrected chi connectivity index (χ0v) is 26.9. The first-order valence-electron chi connectivity index (χ1n) is 13.2. The van der Waals surface area contributed by atoms with Crippen molar-refractivity contribution in [2.24, 2.45) is 4.99 Å². The number of aliphatic imine (C=N–C) groups is 1. The van der Waals surface area contributed by atoms with E-state index in [9.17, 15) is 35.9 Å². The van der Waals surface area contributed by atoms with Crippen LogP contribution in [0, 0.1) is 0 Å². The molecule has 252 valence electrons. The van der Waals surface area contributed by atoms with Crippen LogP contribution in [0.1, 0.15) is 48.1 Å². The Kier molecular flexibility index (Phi) is 18.2. The van der Waals surface area contributed by atoms with Crippen LogP contribution in [0.4, 0.5) is 31.1 Å². The molecule has 2 aromatic carbocycles. The fourth-order valence-corrected chi connectivity index (χ4v) is 4.43. The summed E-state index contributed by atoms with van der Waals surface area (Å²) >= 11 is 20.1. The van der Waals surface area contributed by atoms with E-state index in [0.717, 1.165) is 5.56 Å². The fourth-order valence-electron chi connectivity index (χ4n) is 4.23. The largest absolute Gasteiger partial charge is 0.416 e. The Morgan fingerprint density at radius 2 is 1.64 bits per heavy atom. The summed E-state index contributed by atoms with van der Waals surface area (Å²) in [5.74, 6) is 0.398. The van der Waals surface area contributed by atoms with Gasteiger partial charge in [0.25, 0.3) is 0 Å². The van der Waals surface area contributed by atoms with Crippen LogP contribution >= 0.6 is 46.4 Å². The van der Waals surface area contributed by atoms with Gasteiger partial charge in [-0.05, 0) is 49.1 Å². The number of amides is 2. The van der Waals surface area contributed by atoms with Crippen molar-refractivity contribution in [1.29, 1.82) is 0 Å². The average Bonchev–Trinajstić information content (AvgIpc) is 3.00. The summed E-state index contributed by atoms with van der Waals surface area (Å²) in [6, 6.07) is 9.98. The maximum absolute atomic E-state index is 13.3. The number of carbonyl (C=O) groups is 1. The van der Waals surface area contributed by atoms with Crippen LogP contribution in [0.15, 0.2) is 53.5 Å². The maximum atomic E-state index is 13.3. The van der Waals surface area contributed by atoms with Gasteiger partial charge < -0.3 is 20.7 Å². The number of isocyanates is 1.